The molecule has 13 heavy (non-hydrogen) atoms. The van der Waals surface area contributed by atoms with Crippen LogP contribution in [0.3, 0.4) is 0 Å². The molecule has 0 spiro atoms. The third-order valence-electron chi connectivity index (χ3n) is 2.01. The molecule has 0 N–H and O–H groups in total. The zero-order chi connectivity index (χ0) is 10.3. The highest BCUT2D eigenvalue weighted by Gasteiger charge is 2.14. The van der Waals surface area contributed by atoms with E-state index >= 15 is 0 Å². The van der Waals surface area contributed by atoms with E-state index in [1.54, 1.807) is 7.11 Å². The Morgan fingerprint density at radius 2 is 1.92 bits per heavy atom. The molecule has 0 aliphatic heterocycles. The van der Waals surface area contributed by atoms with Crippen LogP contribution in [0, 0.1) is 0 Å². The van der Waals surface area contributed by atoms with Crippen molar-refractivity contribution in [2.75, 3.05) is 20.3 Å². The van der Waals surface area contributed by atoms with Crippen LogP contribution in [0.4, 0.5) is 0 Å². The molecule has 0 heterocycles. The smallest absolute Gasteiger partial charge is 0.0649 e. The molecule has 0 aliphatic carbocycles. The van der Waals surface area contributed by atoms with Gasteiger partial charge in [0.15, 0.2) is 0 Å². The van der Waals surface area contributed by atoms with E-state index in [1.807, 2.05) is 0 Å². The normalized spacial score (nSPS) is 11.5. The topological polar surface area (TPSA) is 18.5 Å². The molecule has 0 fully saturated rings. The molecular weight excluding hydrogens is 164 g/mol. The minimum Gasteiger partial charge on any atom is -0.379 e. The molecule has 0 atom stereocenters. The van der Waals surface area contributed by atoms with E-state index in [0.29, 0.717) is 6.61 Å². The predicted molar refractivity (Wildman–Crippen MR) is 56.0 cm³/mol. The molecule has 0 aromatic carbocycles. The van der Waals surface area contributed by atoms with E-state index in [-0.39, 0.29) is 5.60 Å². The lowest BCUT2D eigenvalue weighted by molar-refractivity contribution is -0.00656. The van der Waals surface area contributed by atoms with Gasteiger partial charge in [-0.25, -0.2) is 0 Å². The van der Waals surface area contributed by atoms with Crippen molar-refractivity contribution in [3.05, 3.63) is 11.6 Å². The fourth-order valence-corrected chi connectivity index (χ4v) is 0.729. The van der Waals surface area contributed by atoms with Crippen molar-refractivity contribution >= 4 is 0 Å². The van der Waals surface area contributed by atoms with Gasteiger partial charge in [-0.15, -0.1) is 0 Å². The predicted octanol–water partition coefficient (Wildman–Crippen LogP) is 2.78. The van der Waals surface area contributed by atoms with Crippen LogP contribution in [0.25, 0.3) is 0 Å². The van der Waals surface area contributed by atoms with E-state index in [2.05, 4.69) is 33.8 Å². The first kappa shape index (κ1) is 12.7. The van der Waals surface area contributed by atoms with E-state index in [0.717, 1.165) is 13.0 Å². The maximum atomic E-state index is 5.43. The maximum absolute atomic E-state index is 5.43. The first-order valence-corrected chi connectivity index (χ1v) is 4.74. The average molecular weight is 186 g/mol. The lowest BCUT2D eigenvalue weighted by Gasteiger charge is -2.22. The molecular formula is C11H22O2. The molecule has 78 valence electrons. The Morgan fingerprint density at radius 3 is 2.38 bits per heavy atom. The van der Waals surface area contributed by atoms with Gasteiger partial charge in [0.05, 0.1) is 12.2 Å². The zero-order valence-electron chi connectivity index (χ0n) is 9.52. The summed E-state index contributed by atoms with van der Waals surface area (Å²) in [5, 5.41) is 0. The summed E-state index contributed by atoms with van der Waals surface area (Å²) < 4.78 is 10.7. The van der Waals surface area contributed by atoms with Gasteiger partial charge in [-0.1, -0.05) is 11.6 Å². The summed E-state index contributed by atoms with van der Waals surface area (Å²) in [5.41, 5.74) is 1.23. The highest BCUT2D eigenvalue weighted by molar-refractivity contribution is 4.92. The van der Waals surface area contributed by atoms with E-state index in [9.17, 15) is 0 Å². The van der Waals surface area contributed by atoms with Crippen LogP contribution in [0.2, 0.25) is 0 Å². The van der Waals surface area contributed by atoms with Crippen molar-refractivity contribution < 1.29 is 9.47 Å². The Hall–Kier alpha value is -0.340. The lowest BCUT2D eigenvalue weighted by atomic mass is 10.1. The van der Waals surface area contributed by atoms with Crippen molar-refractivity contribution in [2.45, 2.75) is 39.7 Å². The van der Waals surface area contributed by atoms with Gasteiger partial charge in [0.1, 0.15) is 0 Å². The molecule has 0 saturated heterocycles. The summed E-state index contributed by atoms with van der Waals surface area (Å²) >= 11 is 0. The van der Waals surface area contributed by atoms with Gasteiger partial charge in [-0.05, 0) is 34.1 Å². The molecule has 0 aliphatic rings. The van der Waals surface area contributed by atoms with Crippen molar-refractivity contribution in [1.29, 1.82) is 0 Å². The molecule has 0 radical (unpaired) electrons. The Morgan fingerprint density at radius 1 is 1.31 bits per heavy atom. The number of rotatable bonds is 6. The number of methoxy groups -OCH3 is 1. The number of hydrogen-bond acceptors (Lipinski definition) is 2. The van der Waals surface area contributed by atoms with Gasteiger partial charge in [-0.2, -0.15) is 0 Å². The van der Waals surface area contributed by atoms with Gasteiger partial charge >= 0.3 is 0 Å². The van der Waals surface area contributed by atoms with Crippen molar-refractivity contribution in [1.82, 2.24) is 0 Å². The standard InChI is InChI=1S/C11H22O2/c1-10(2)6-8-13-9-7-11(3,4)12-5/h6H,7-9H2,1-5H3. The third kappa shape index (κ3) is 8.00. The second-order valence-corrected chi connectivity index (χ2v) is 4.07. The second kappa shape index (κ2) is 6.17. The van der Waals surface area contributed by atoms with Gasteiger partial charge in [-0.3, -0.25) is 0 Å². The van der Waals surface area contributed by atoms with Crippen LogP contribution in [0.5, 0.6) is 0 Å². The van der Waals surface area contributed by atoms with Crippen molar-refractivity contribution in [2.24, 2.45) is 0 Å². The van der Waals surface area contributed by atoms with Crippen LogP contribution >= 0.6 is 0 Å². The Kier molecular flexibility index (Phi) is 6.00. The average Bonchev–Trinajstić information content (AvgIpc) is 2.03. The van der Waals surface area contributed by atoms with Gasteiger partial charge < -0.3 is 9.47 Å². The summed E-state index contributed by atoms with van der Waals surface area (Å²) in [4.78, 5) is 0. The minimum absolute atomic E-state index is 0.0645. The van der Waals surface area contributed by atoms with Gasteiger partial charge in [0.2, 0.25) is 0 Å². The minimum atomic E-state index is -0.0645. The largest absolute Gasteiger partial charge is 0.379 e. The summed E-state index contributed by atoms with van der Waals surface area (Å²) in [5.74, 6) is 0. The molecule has 0 saturated carbocycles. The first-order chi connectivity index (χ1) is 5.98. The number of ether oxygens (including phenoxy) is 2. The van der Waals surface area contributed by atoms with E-state index < -0.39 is 0 Å². The summed E-state index contributed by atoms with van der Waals surface area (Å²) in [6, 6.07) is 0. The van der Waals surface area contributed by atoms with E-state index in [1.165, 1.54) is 5.57 Å². The third-order valence-corrected chi connectivity index (χ3v) is 2.01. The molecule has 0 aromatic heterocycles. The molecule has 0 rings (SSSR count). The SMILES string of the molecule is COC(C)(C)CCOCC=C(C)C. The van der Waals surface area contributed by atoms with Crippen molar-refractivity contribution in [3.63, 3.8) is 0 Å². The second-order valence-electron chi connectivity index (χ2n) is 4.07. The van der Waals surface area contributed by atoms with Crippen LogP contribution < -0.4 is 0 Å². The van der Waals surface area contributed by atoms with Crippen LogP contribution in [0.15, 0.2) is 11.6 Å². The van der Waals surface area contributed by atoms with Gasteiger partial charge in [0, 0.05) is 13.7 Å². The zero-order valence-corrected chi connectivity index (χ0v) is 9.52. The molecule has 2 nitrogen and oxygen atoms in total. The van der Waals surface area contributed by atoms with Crippen molar-refractivity contribution in [3.8, 4) is 0 Å². The summed E-state index contributed by atoms with van der Waals surface area (Å²) in [7, 11) is 1.73. The monoisotopic (exact) mass is 186 g/mol. The summed E-state index contributed by atoms with van der Waals surface area (Å²) in [6.45, 7) is 9.74. The van der Waals surface area contributed by atoms with Crippen LogP contribution in [0.1, 0.15) is 34.1 Å². The summed E-state index contributed by atoms with van der Waals surface area (Å²) in [6.07, 6.45) is 3.01. The van der Waals surface area contributed by atoms with E-state index in [4.69, 9.17) is 9.47 Å². The maximum Gasteiger partial charge on any atom is 0.0649 e. The van der Waals surface area contributed by atoms with Gasteiger partial charge in [0.25, 0.3) is 0 Å². The Balaban J connectivity index is 3.41. The molecule has 2 heteroatoms. The van der Waals surface area contributed by atoms with Crippen LogP contribution in [-0.2, 0) is 9.47 Å². The highest BCUT2D eigenvalue weighted by atomic mass is 16.5. The number of allylic oxidation sites excluding steroid dienone is 1. The fourth-order valence-electron chi connectivity index (χ4n) is 0.729. The molecule has 0 bridgehead atoms. The van der Waals surface area contributed by atoms with Crippen LogP contribution in [-0.4, -0.2) is 25.9 Å². The first-order valence-electron chi connectivity index (χ1n) is 4.74. The Labute approximate surface area is 81.9 Å². The Bertz CT molecular complexity index is 155. The molecule has 0 aromatic rings. The lowest BCUT2D eigenvalue weighted by Crippen LogP contribution is -2.24. The number of hydrogen-bond donors (Lipinski definition) is 0. The highest BCUT2D eigenvalue weighted by Crippen LogP contribution is 2.12. The molecule has 0 amide bonds. The fraction of sp³-hybridized carbons (Fsp3) is 0.818. The quantitative estimate of drug-likeness (QED) is 0.469. The molecule has 0 unspecified atom stereocenters.